The summed E-state index contributed by atoms with van der Waals surface area (Å²) < 4.78 is 4.84. The highest BCUT2D eigenvalue weighted by molar-refractivity contribution is 5.82. The first-order valence-corrected chi connectivity index (χ1v) is 5.97. The van der Waals surface area contributed by atoms with Gasteiger partial charge >= 0.3 is 0 Å². The lowest BCUT2D eigenvalue weighted by molar-refractivity contribution is -0.125. The van der Waals surface area contributed by atoms with Crippen LogP contribution >= 0.6 is 0 Å². The standard InChI is InChI=1S/C11H18N4O2/c1-7-4-3-5-12-10(7)11(16)13-6-9-14-8(2)17-15-9/h7,10,12H,3-6H2,1-2H3,(H,13,16). The minimum absolute atomic E-state index is 0.0136. The molecule has 1 saturated heterocycles. The highest BCUT2D eigenvalue weighted by Crippen LogP contribution is 2.15. The molecule has 6 nitrogen and oxygen atoms in total. The van der Waals surface area contributed by atoms with Crippen molar-refractivity contribution >= 4 is 5.91 Å². The van der Waals surface area contributed by atoms with Crippen LogP contribution in [-0.2, 0) is 11.3 Å². The molecule has 2 atom stereocenters. The molecule has 2 heterocycles. The number of nitrogens with one attached hydrogen (secondary N) is 2. The second-order valence-corrected chi connectivity index (χ2v) is 4.50. The maximum atomic E-state index is 11.9. The average Bonchev–Trinajstić information content (AvgIpc) is 2.73. The first kappa shape index (κ1) is 12.0. The maximum Gasteiger partial charge on any atom is 0.237 e. The molecule has 1 aliphatic rings. The number of hydrogen-bond donors (Lipinski definition) is 2. The minimum Gasteiger partial charge on any atom is -0.347 e. The van der Waals surface area contributed by atoms with E-state index in [1.165, 1.54) is 0 Å². The second kappa shape index (κ2) is 5.27. The molecule has 0 aliphatic carbocycles. The van der Waals surface area contributed by atoms with Crippen molar-refractivity contribution in [2.24, 2.45) is 5.92 Å². The number of piperidine rings is 1. The number of aromatic nitrogens is 2. The van der Waals surface area contributed by atoms with Crippen LogP contribution in [0.4, 0.5) is 0 Å². The monoisotopic (exact) mass is 238 g/mol. The number of nitrogens with zero attached hydrogens (tertiary/aromatic N) is 2. The molecule has 0 aromatic carbocycles. The Morgan fingerprint density at radius 2 is 2.47 bits per heavy atom. The SMILES string of the molecule is Cc1nc(CNC(=O)C2NCCCC2C)no1. The topological polar surface area (TPSA) is 80.0 Å². The molecule has 0 bridgehead atoms. The largest absolute Gasteiger partial charge is 0.347 e. The van der Waals surface area contributed by atoms with Crippen LogP contribution in [0.3, 0.4) is 0 Å². The first-order chi connectivity index (χ1) is 8.16. The van der Waals surface area contributed by atoms with Crippen molar-refractivity contribution in [1.29, 1.82) is 0 Å². The molecule has 0 saturated carbocycles. The van der Waals surface area contributed by atoms with Gasteiger partial charge in [-0.1, -0.05) is 12.1 Å². The van der Waals surface area contributed by atoms with Crippen LogP contribution in [0.1, 0.15) is 31.5 Å². The molecule has 0 radical (unpaired) electrons. The van der Waals surface area contributed by atoms with E-state index in [-0.39, 0.29) is 11.9 Å². The van der Waals surface area contributed by atoms with Gasteiger partial charge in [0.2, 0.25) is 11.8 Å². The van der Waals surface area contributed by atoms with Crippen LogP contribution in [0.5, 0.6) is 0 Å². The van der Waals surface area contributed by atoms with Crippen LogP contribution in [0, 0.1) is 12.8 Å². The summed E-state index contributed by atoms with van der Waals surface area (Å²) in [5.41, 5.74) is 0. The number of rotatable bonds is 3. The Balaban J connectivity index is 1.84. The van der Waals surface area contributed by atoms with Gasteiger partial charge in [0, 0.05) is 6.92 Å². The van der Waals surface area contributed by atoms with Gasteiger partial charge in [0.1, 0.15) is 0 Å². The van der Waals surface area contributed by atoms with Gasteiger partial charge in [-0.05, 0) is 25.3 Å². The Morgan fingerprint density at radius 3 is 3.12 bits per heavy atom. The number of carbonyl (C=O) groups is 1. The van der Waals surface area contributed by atoms with E-state index in [1.54, 1.807) is 6.92 Å². The number of hydrogen-bond acceptors (Lipinski definition) is 5. The van der Waals surface area contributed by atoms with Crippen molar-refractivity contribution in [2.75, 3.05) is 6.54 Å². The lowest BCUT2D eigenvalue weighted by Crippen LogP contribution is -2.50. The molecule has 6 heteroatoms. The van der Waals surface area contributed by atoms with Crippen LogP contribution in [-0.4, -0.2) is 28.6 Å². The average molecular weight is 238 g/mol. The Kier molecular flexibility index (Phi) is 3.73. The summed E-state index contributed by atoms with van der Waals surface area (Å²) in [5, 5.41) is 9.79. The van der Waals surface area contributed by atoms with E-state index in [2.05, 4.69) is 27.7 Å². The summed E-state index contributed by atoms with van der Waals surface area (Å²) in [6.07, 6.45) is 2.22. The first-order valence-electron chi connectivity index (χ1n) is 5.97. The molecule has 1 fully saturated rings. The predicted molar refractivity (Wildman–Crippen MR) is 61.1 cm³/mol. The van der Waals surface area contributed by atoms with E-state index >= 15 is 0 Å². The molecule has 1 aromatic rings. The van der Waals surface area contributed by atoms with Crippen molar-refractivity contribution in [3.8, 4) is 0 Å². The van der Waals surface area contributed by atoms with E-state index in [4.69, 9.17) is 4.52 Å². The van der Waals surface area contributed by atoms with Crippen molar-refractivity contribution in [2.45, 2.75) is 39.3 Å². The normalized spacial score (nSPS) is 24.6. The third kappa shape index (κ3) is 3.03. The third-order valence-corrected chi connectivity index (χ3v) is 3.04. The molecule has 2 unspecified atom stereocenters. The van der Waals surface area contributed by atoms with Gasteiger partial charge in [0.25, 0.3) is 0 Å². The fourth-order valence-electron chi connectivity index (χ4n) is 2.09. The number of amides is 1. The third-order valence-electron chi connectivity index (χ3n) is 3.04. The van der Waals surface area contributed by atoms with E-state index in [0.717, 1.165) is 19.4 Å². The molecule has 1 aliphatic heterocycles. The molecular formula is C11H18N4O2. The Bertz CT molecular complexity index is 391. The fraction of sp³-hybridized carbons (Fsp3) is 0.727. The molecular weight excluding hydrogens is 220 g/mol. The van der Waals surface area contributed by atoms with Crippen molar-refractivity contribution in [3.05, 3.63) is 11.7 Å². The summed E-state index contributed by atoms with van der Waals surface area (Å²) in [4.78, 5) is 16.0. The molecule has 94 valence electrons. The molecule has 2 rings (SSSR count). The summed E-state index contributed by atoms with van der Waals surface area (Å²) in [5.74, 6) is 1.41. The Labute approximate surface area is 100 Å². The Hall–Kier alpha value is -1.43. The van der Waals surface area contributed by atoms with Gasteiger partial charge in [0.15, 0.2) is 5.82 Å². The van der Waals surface area contributed by atoms with E-state index in [0.29, 0.717) is 24.2 Å². The van der Waals surface area contributed by atoms with Crippen molar-refractivity contribution in [1.82, 2.24) is 20.8 Å². The highest BCUT2D eigenvalue weighted by atomic mass is 16.5. The van der Waals surface area contributed by atoms with Crippen LogP contribution < -0.4 is 10.6 Å². The van der Waals surface area contributed by atoms with Crippen LogP contribution in [0.15, 0.2) is 4.52 Å². The highest BCUT2D eigenvalue weighted by Gasteiger charge is 2.27. The van der Waals surface area contributed by atoms with Crippen LogP contribution in [0.25, 0.3) is 0 Å². The van der Waals surface area contributed by atoms with Crippen LogP contribution in [0.2, 0.25) is 0 Å². The summed E-state index contributed by atoms with van der Waals surface area (Å²) in [6.45, 7) is 5.04. The second-order valence-electron chi connectivity index (χ2n) is 4.50. The van der Waals surface area contributed by atoms with Gasteiger partial charge in [0.05, 0.1) is 12.6 Å². The van der Waals surface area contributed by atoms with Gasteiger partial charge in [-0.15, -0.1) is 0 Å². The summed E-state index contributed by atoms with van der Waals surface area (Å²) in [7, 11) is 0. The zero-order valence-electron chi connectivity index (χ0n) is 10.2. The molecule has 2 N–H and O–H groups in total. The Morgan fingerprint density at radius 1 is 1.65 bits per heavy atom. The minimum atomic E-state index is -0.100. The van der Waals surface area contributed by atoms with Crippen molar-refractivity contribution < 1.29 is 9.32 Å². The molecule has 1 amide bonds. The zero-order valence-corrected chi connectivity index (χ0v) is 10.2. The van der Waals surface area contributed by atoms with E-state index in [1.807, 2.05) is 0 Å². The molecule has 0 spiro atoms. The lowest BCUT2D eigenvalue weighted by Gasteiger charge is -2.28. The zero-order chi connectivity index (χ0) is 12.3. The quantitative estimate of drug-likeness (QED) is 0.796. The van der Waals surface area contributed by atoms with Gasteiger partial charge < -0.3 is 15.2 Å². The van der Waals surface area contributed by atoms with Crippen molar-refractivity contribution in [3.63, 3.8) is 0 Å². The summed E-state index contributed by atoms with van der Waals surface area (Å²) >= 11 is 0. The molecule has 1 aromatic heterocycles. The maximum absolute atomic E-state index is 11.9. The summed E-state index contributed by atoms with van der Waals surface area (Å²) in [6, 6.07) is -0.100. The van der Waals surface area contributed by atoms with Gasteiger partial charge in [-0.25, -0.2) is 0 Å². The van der Waals surface area contributed by atoms with Gasteiger partial charge in [-0.2, -0.15) is 4.98 Å². The number of carbonyl (C=O) groups excluding carboxylic acids is 1. The molecule has 17 heavy (non-hydrogen) atoms. The van der Waals surface area contributed by atoms with E-state index < -0.39 is 0 Å². The van der Waals surface area contributed by atoms with E-state index in [9.17, 15) is 4.79 Å². The lowest BCUT2D eigenvalue weighted by atomic mass is 9.92. The number of aryl methyl sites for hydroxylation is 1. The fourth-order valence-corrected chi connectivity index (χ4v) is 2.09. The predicted octanol–water partition coefficient (Wildman–Crippen LogP) is 0.382. The van der Waals surface area contributed by atoms with Gasteiger partial charge in [-0.3, -0.25) is 4.79 Å². The smallest absolute Gasteiger partial charge is 0.237 e.